The van der Waals surface area contributed by atoms with Gasteiger partial charge >= 0.3 is 0 Å². The van der Waals surface area contributed by atoms with E-state index in [2.05, 4.69) is 22.8 Å². The molecule has 2 bridgehead atoms. The highest BCUT2D eigenvalue weighted by Crippen LogP contribution is 2.43. The van der Waals surface area contributed by atoms with Crippen molar-refractivity contribution < 1.29 is 0 Å². The molecule has 0 unspecified atom stereocenters. The Morgan fingerprint density at radius 2 is 1.81 bits per heavy atom. The summed E-state index contributed by atoms with van der Waals surface area (Å²) in [5.41, 5.74) is 0.205. The van der Waals surface area contributed by atoms with Crippen LogP contribution < -0.4 is 21.5 Å². The van der Waals surface area contributed by atoms with Crippen LogP contribution in [0, 0.1) is 17.8 Å². The first-order valence-corrected chi connectivity index (χ1v) is 7.70. The highest BCUT2D eigenvalue weighted by molar-refractivity contribution is 5.73. The Morgan fingerprint density at radius 1 is 1.10 bits per heavy atom. The molecule has 114 valence electrons. The van der Waals surface area contributed by atoms with Gasteiger partial charge in [0.25, 0.3) is 10.9 Å². The van der Waals surface area contributed by atoms with Crippen molar-refractivity contribution in [1.29, 1.82) is 0 Å². The maximum atomic E-state index is 11.7. The molecule has 2 aliphatic rings. The number of fused-ring (bicyclic) bond motifs is 2. The zero-order valence-electron chi connectivity index (χ0n) is 12.7. The Balaban J connectivity index is 1.56. The molecule has 2 N–H and O–H groups in total. The lowest BCUT2D eigenvalue weighted by Crippen LogP contribution is -2.39. The number of hydrogen-bond donors (Lipinski definition) is 2. The van der Waals surface area contributed by atoms with Crippen LogP contribution in [0.2, 0.25) is 0 Å². The van der Waals surface area contributed by atoms with Gasteiger partial charge in [-0.3, -0.25) is 9.59 Å². The molecule has 0 aliphatic heterocycles. The molecule has 3 atom stereocenters. The van der Waals surface area contributed by atoms with Crippen LogP contribution in [0.1, 0.15) is 12.8 Å². The van der Waals surface area contributed by atoms with Crippen LogP contribution in [-0.4, -0.2) is 38.6 Å². The lowest BCUT2D eigenvalue weighted by molar-refractivity contribution is 0.425. The van der Waals surface area contributed by atoms with Gasteiger partial charge in [0.05, 0.1) is 0 Å². The van der Waals surface area contributed by atoms with Crippen LogP contribution in [0.4, 0.5) is 11.4 Å². The lowest BCUT2D eigenvalue weighted by atomic mass is 9.93. The smallest absolute Gasteiger partial charge is 0.253 e. The predicted octanol–water partition coefficient (Wildman–Crippen LogP) is 0.880. The summed E-state index contributed by atoms with van der Waals surface area (Å²) < 4.78 is 0. The minimum absolute atomic E-state index is 0.374. The van der Waals surface area contributed by atoms with E-state index < -0.39 is 0 Å². The van der Waals surface area contributed by atoms with Gasteiger partial charge in [0.1, 0.15) is 11.4 Å². The van der Waals surface area contributed by atoms with Crippen LogP contribution >= 0.6 is 0 Å². The molecule has 0 amide bonds. The first-order valence-electron chi connectivity index (χ1n) is 7.70. The van der Waals surface area contributed by atoms with Crippen molar-refractivity contribution in [2.45, 2.75) is 12.8 Å². The van der Waals surface area contributed by atoms with Gasteiger partial charge in [-0.25, -0.2) is 0 Å². The Morgan fingerprint density at radius 3 is 2.38 bits per heavy atom. The van der Waals surface area contributed by atoms with Crippen LogP contribution in [0.3, 0.4) is 0 Å². The number of nitrogens with one attached hydrogen (secondary N) is 2. The lowest BCUT2D eigenvalue weighted by Gasteiger charge is -2.21. The number of hydrogen-bond acceptors (Lipinski definition) is 5. The molecule has 21 heavy (non-hydrogen) atoms. The Kier molecular flexibility index (Phi) is 3.85. The van der Waals surface area contributed by atoms with E-state index in [1.54, 1.807) is 0 Å². The van der Waals surface area contributed by atoms with E-state index in [4.69, 9.17) is 0 Å². The number of nitrogens with zero attached hydrogens (tertiary/aromatic N) is 1. The monoisotopic (exact) mass is 289 g/mol. The molecule has 5 nitrogen and oxygen atoms in total. The summed E-state index contributed by atoms with van der Waals surface area (Å²) in [5, 5.41) is 6.29. The van der Waals surface area contributed by atoms with Gasteiger partial charge in [-0.2, -0.15) is 0 Å². The minimum Gasteiger partial charge on any atom is -0.380 e. The van der Waals surface area contributed by atoms with Crippen LogP contribution in [0.15, 0.2) is 21.7 Å². The molecular formula is C16H23N3O2. The van der Waals surface area contributed by atoms with Crippen LogP contribution in [0.25, 0.3) is 0 Å². The molecule has 5 heteroatoms. The molecule has 1 saturated carbocycles. The molecular weight excluding hydrogens is 266 g/mol. The number of likely N-dealkylation sites (N-methyl/N-ethyl adjacent to an activating group) is 1. The van der Waals surface area contributed by atoms with Gasteiger partial charge < -0.3 is 15.5 Å². The predicted molar refractivity (Wildman–Crippen MR) is 85.7 cm³/mol. The van der Waals surface area contributed by atoms with Gasteiger partial charge in [0.2, 0.25) is 0 Å². The van der Waals surface area contributed by atoms with Crippen molar-refractivity contribution in [2.24, 2.45) is 17.8 Å². The van der Waals surface area contributed by atoms with Gasteiger partial charge in [-0.15, -0.1) is 0 Å². The average Bonchev–Trinajstić information content (AvgIpc) is 3.07. The van der Waals surface area contributed by atoms with Crippen molar-refractivity contribution in [3.8, 4) is 0 Å². The summed E-state index contributed by atoms with van der Waals surface area (Å²) in [6.45, 7) is 2.29. The second-order valence-electron chi connectivity index (χ2n) is 6.56. The Hall–Kier alpha value is -1.62. The minimum atomic E-state index is -0.385. The van der Waals surface area contributed by atoms with Crippen molar-refractivity contribution in [3.63, 3.8) is 0 Å². The van der Waals surface area contributed by atoms with E-state index >= 15 is 0 Å². The van der Waals surface area contributed by atoms with E-state index in [-0.39, 0.29) is 10.9 Å². The number of rotatable bonds is 7. The zero-order chi connectivity index (χ0) is 15.0. The number of anilines is 2. The maximum absolute atomic E-state index is 11.7. The van der Waals surface area contributed by atoms with E-state index in [1.807, 2.05) is 19.0 Å². The van der Waals surface area contributed by atoms with E-state index in [0.29, 0.717) is 29.8 Å². The van der Waals surface area contributed by atoms with Crippen molar-refractivity contribution in [3.05, 3.63) is 32.6 Å². The van der Waals surface area contributed by atoms with Gasteiger partial charge in [-0.1, -0.05) is 12.2 Å². The Labute approximate surface area is 124 Å². The van der Waals surface area contributed by atoms with E-state index in [0.717, 1.165) is 19.0 Å². The first kappa shape index (κ1) is 14.3. The highest BCUT2D eigenvalue weighted by atomic mass is 16.2. The second-order valence-corrected chi connectivity index (χ2v) is 6.56. The fourth-order valence-electron chi connectivity index (χ4n) is 3.50. The molecule has 2 aliphatic carbocycles. The quantitative estimate of drug-likeness (QED) is 0.576. The second kappa shape index (κ2) is 5.64. The molecule has 1 fully saturated rings. The van der Waals surface area contributed by atoms with Gasteiger partial charge in [0, 0.05) is 19.6 Å². The first-order chi connectivity index (χ1) is 10.1. The van der Waals surface area contributed by atoms with Crippen molar-refractivity contribution in [2.75, 3.05) is 44.4 Å². The van der Waals surface area contributed by atoms with E-state index in [1.165, 1.54) is 12.8 Å². The average molecular weight is 289 g/mol. The van der Waals surface area contributed by atoms with Crippen LogP contribution in [0.5, 0.6) is 0 Å². The summed E-state index contributed by atoms with van der Waals surface area (Å²) >= 11 is 0. The number of allylic oxidation sites excluding steroid dienone is 2. The largest absolute Gasteiger partial charge is 0.380 e. The third kappa shape index (κ3) is 2.75. The summed E-state index contributed by atoms with van der Waals surface area (Å²) in [6.07, 6.45) is 7.07. The summed E-state index contributed by atoms with van der Waals surface area (Å²) in [4.78, 5) is 25.4. The molecule has 0 saturated heterocycles. The molecule has 0 aromatic heterocycles. The summed E-state index contributed by atoms with van der Waals surface area (Å²) in [7, 11) is 3.96. The molecule has 1 aromatic carbocycles. The molecule has 0 heterocycles. The standard InChI is InChI=1S/C16H23N3O2/c1-19(2)6-5-17-13-14(16(21)15(13)20)18-9-12-8-10-3-4-11(12)7-10/h3-4,10-12,17-18H,5-9H2,1-2H3/t10-,11+,12+/m1/s1. The fraction of sp³-hybridized carbons (Fsp3) is 0.625. The third-order valence-corrected chi connectivity index (χ3v) is 4.73. The molecule has 1 aromatic rings. The maximum Gasteiger partial charge on any atom is 0.253 e. The SMILES string of the molecule is CN(C)CCNc1c(NC[C@@H]2C[C@@H]3C=C[C@H]2C3)c(=O)c1=O. The zero-order valence-corrected chi connectivity index (χ0v) is 12.7. The summed E-state index contributed by atoms with van der Waals surface area (Å²) in [6, 6.07) is 0. The fourth-order valence-corrected chi connectivity index (χ4v) is 3.50. The molecule has 0 spiro atoms. The normalized spacial score (nSPS) is 26.9. The van der Waals surface area contributed by atoms with E-state index in [9.17, 15) is 9.59 Å². The van der Waals surface area contributed by atoms with Crippen LogP contribution in [-0.2, 0) is 0 Å². The molecule has 3 rings (SSSR count). The van der Waals surface area contributed by atoms with Gasteiger partial charge in [-0.05, 0) is 44.7 Å². The van der Waals surface area contributed by atoms with Crippen molar-refractivity contribution >= 4 is 11.4 Å². The van der Waals surface area contributed by atoms with Crippen molar-refractivity contribution in [1.82, 2.24) is 4.90 Å². The van der Waals surface area contributed by atoms with Gasteiger partial charge in [0.15, 0.2) is 0 Å². The molecule has 0 radical (unpaired) electrons. The summed E-state index contributed by atoms with van der Waals surface area (Å²) in [5.74, 6) is 1.98. The topological polar surface area (TPSA) is 61.4 Å². The third-order valence-electron chi connectivity index (χ3n) is 4.73. The Bertz CT molecular complexity index is 613. The highest BCUT2D eigenvalue weighted by Gasteiger charge is 2.35.